The van der Waals surface area contributed by atoms with Crippen LogP contribution in [0.4, 0.5) is 8.78 Å². The molecule has 0 aliphatic rings. The zero-order chi connectivity index (χ0) is 13.5. The van der Waals surface area contributed by atoms with E-state index >= 15 is 0 Å². The molecule has 1 rings (SSSR count). The van der Waals surface area contributed by atoms with E-state index in [1.54, 1.807) is 18.2 Å². The Labute approximate surface area is 106 Å². The van der Waals surface area contributed by atoms with Crippen LogP contribution in [0.2, 0.25) is 0 Å². The monoisotopic (exact) mass is 257 g/mol. The topological polar surface area (TPSA) is 21.7 Å². The van der Waals surface area contributed by atoms with Crippen LogP contribution < -0.4 is 9.47 Å². The van der Waals surface area contributed by atoms with Gasteiger partial charge in [0.1, 0.15) is 0 Å². The number of likely N-dealkylation sites (N-methyl/N-ethyl adjacent to an activating group) is 1. The molecular formula is C13H17F2NO2. The van der Waals surface area contributed by atoms with Gasteiger partial charge in [-0.05, 0) is 24.7 Å². The maximum atomic E-state index is 12.2. The number of hydrogen-bond donors (Lipinski definition) is 0. The Hall–Kier alpha value is -1.62. The lowest BCUT2D eigenvalue weighted by atomic mass is 10.2. The molecule has 100 valence electrons. The first-order chi connectivity index (χ1) is 8.56. The number of nitrogens with zero attached hydrogens (tertiary/aromatic N) is 1. The van der Waals surface area contributed by atoms with Crippen molar-refractivity contribution in [2.75, 3.05) is 20.7 Å². The lowest BCUT2D eigenvalue weighted by Gasteiger charge is -2.16. The summed E-state index contributed by atoms with van der Waals surface area (Å²) in [5.74, 6) is 0.349. The van der Waals surface area contributed by atoms with Crippen LogP contribution in [0.5, 0.6) is 11.5 Å². The van der Waals surface area contributed by atoms with Gasteiger partial charge in [0.25, 0.3) is 0 Å². The van der Waals surface area contributed by atoms with Gasteiger partial charge in [0.2, 0.25) is 0 Å². The Bertz CT molecular complexity index is 397. The minimum absolute atomic E-state index is 0.0441. The van der Waals surface area contributed by atoms with Crippen molar-refractivity contribution < 1.29 is 18.3 Å². The van der Waals surface area contributed by atoms with E-state index in [0.717, 1.165) is 12.1 Å². The molecule has 0 N–H and O–H groups in total. The standard InChI is InChI=1S/C13H17F2NO2/c1-4-7-16(2)9-10-5-6-11(18-13(14)15)12(8-10)17-3/h4-6,8,13H,1,7,9H2,2-3H3. The first-order valence-electron chi connectivity index (χ1n) is 5.48. The smallest absolute Gasteiger partial charge is 0.387 e. The molecule has 0 aliphatic carbocycles. The molecule has 0 saturated heterocycles. The van der Waals surface area contributed by atoms with Crippen molar-refractivity contribution in [3.63, 3.8) is 0 Å². The van der Waals surface area contributed by atoms with E-state index in [2.05, 4.69) is 11.3 Å². The second-order valence-electron chi connectivity index (χ2n) is 3.85. The van der Waals surface area contributed by atoms with Crippen LogP contribution in [0.25, 0.3) is 0 Å². The average Bonchev–Trinajstić information content (AvgIpc) is 2.30. The molecule has 0 saturated carbocycles. The van der Waals surface area contributed by atoms with Crippen LogP contribution in [0.15, 0.2) is 30.9 Å². The molecule has 1 aromatic rings. The maximum Gasteiger partial charge on any atom is 0.387 e. The highest BCUT2D eigenvalue weighted by Crippen LogP contribution is 2.29. The second-order valence-corrected chi connectivity index (χ2v) is 3.85. The van der Waals surface area contributed by atoms with Crippen molar-refractivity contribution in [2.24, 2.45) is 0 Å². The molecule has 1 aromatic carbocycles. The Kier molecular flexibility index (Phi) is 5.58. The van der Waals surface area contributed by atoms with Crippen molar-refractivity contribution in [2.45, 2.75) is 13.2 Å². The van der Waals surface area contributed by atoms with E-state index in [9.17, 15) is 8.78 Å². The largest absolute Gasteiger partial charge is 0.493 e. The molecule has 0 spiro atoms. The summed E-state index contributed by atoms with van der Waals surface area (Å²) in [7, 11) is 3.36. The average molecular weight is 257 g/mol. The minimum Gasteiger partial charge on any atom is -0.493 e. The summed E-state index contributed by atoms with van der Waals surface area (Å²) < 4.78 is 33.7. The van der Waals surface area contributed by atoms with Gasteiger partial charge in [0.05, 0.1) is 7.11 Å². The number of benzene rings is 1. The van der Waals surface area contributed by atoms with E-state index in [1.165, 1.54) is 13.2 Å². The highest BCUT2D eigenvalue weighted by molar-refractivity contribution is 5.42. The molecular weight excluding hydrogens is 240 g/mol. The molecule has 0 bridgehead atoms. The van der Waals surface area contributed by atoms with Crippen molar-refractivity contribution >= 4 is 0 Å². The number of methoxy groups -OCH3 is 1. The van der Waals surface area contributed by atoms with Gasteiger partial charge in [-0.2, -0.15) is 8.78 Å². The summed E-state index contributed by atoms with van der Waals surface area (Å²) in [5, 5.41) is 0. The Morgan fingerprint density at radius 2 is 2.11 bits per heavy atom. The maximum absolute atomic E-state index is 12.2. The number of halogens is 2. The van der Waals surface area contributed by atoms with Gasteiger partial charge in [-0.15, -0.1) is 6.58 Å². The lowest BCUT2D eigenvalue weighted by molar-refractivity contribution is -0.0512. The number of hydrogen-bond acceptors (Lipinski definition) is 3. The van der Waals surface area contributed by atoms with E-state index in [-0.39, 0.29) is 5.75 Å². The summed E-state index contributed by atoms with van der Waals surface area (Å²) >= 11 is 0. The summed E-state index contributed by atoms with van der Waals surface area (Å²) in [6.45, 7) is 2.23. The fourth-order valence-corrected chi connectivity index (χ4v) is 1.60. The van der Waals surface area contributed by atoms with Crippen molar-refractivity contribution in [3.05, 3.63) is 36.4 Å². The molecule has 3 nitrogen and oxygen atoms in total. The van der Waals surface area contributed by atoms with E-state index in [1.807, 2.05) is 11.9 Å². The predicted octanol–water partition coefficient (Wildman–Crippen LogP) is 2.91. The first kappa shape index (κ1) is 14.4. The molecule has 0 aromatic heterocycles. The third kappa shape index (κ3) is 4.33. The molecule has 0 unspecified atom stereocenters. The third-order valence-corrected chi connectivity index (χ3v) is 2.34. The Balaban J connectivity index is 2.81. The van der Waals surface area contributed by atoms with E-state index < -0.39 is 6.61 Å². The molecule has 5 heteroatoms. The van der Waals surface area contributed by atoms with Gasteiger partial charge in [0.15, 0.2) is 11.5 Å². The molecule has 0 radical (unpaired) electrons. The second kappa shape index (κ2) is 6.96. The van der Waals surface area contributed by atoms with Crippen molar-refractivity contribution in [1.82, 2.24) is 4.90 Å². The molecule has 0 amide bonds. The fraction of sp³-hybridized carbons (Fsp3) is 0.385. The molecule has 0 heterocycles. The number of rotatable bonds is 7. The predicted molar refractivity (Wildman–Crippen MR) is 66.2 cm³/mol. The van der Waals surface area contributed by atoms with Crippen LogP contribution in [0.3, 0.4) is 0 Å². The number of ether oxygens (including phenoxy) is 2. The highest BCUT2D eigenvalue weighted by Gasteiger charge is 2.11. The normalized spacial score (nSPS) is 10.8. The quantitative estimate of drug-likeness (QED) is 0.701. The zero-order valence-electron chi connectivity index (χ0n) is 10.5. The molecule has 18 heavy (non-hydrogen) atoms. The SMILES string of the molecule is C=CCN(C)Cc1ccc(OC(F)F)c(OC)c1. The van der Waals surface area contributed by atoms with Crippen LogP contribution in [0, 0.1) is 0 Å². The van der Waals surface area contributed by atoms with Crippen LogP contribution in [-0.4, -0.2) is 32.2 Å². The lowest BCUT2D eigenvalue weighted by Crippen LogP contribution is -2.17. The van der Waals surface area contributed by atoms with Gasteiger partial charge in [-0.25, -0.2) is 0 Å². The Morgan fingerprint density at radius 1 is 1.39 bits per heavy atom. The van der Waals surface area contributed by atoms with E-state index in [0.29, 0.717) is 12.3 Å². The zero-order valence-corrected chi connectivity index (χ0v) is 10.5. The minimum atomic E-state index is -2.85. The van der Waals surface area contributed by atoms with Gasteiger partial charge in [-0.1, -0.05) is 12.1 Å². The van der Waals surface area contributed by atoms with Crippen LogP contribution in [0.1, 0.15) is 5.56 Å². The third-order valence-electron chi connectivity index (χ3n) is 2.34. The molecule has 0 aliphatic heterocycles. The van der Waals surface area contributed by atoms with Crippen molar-refractivity contribution in [3.8, 4) is 11.5 Å². The molecule has 0 atom stereocenters. The van der Waals surface area contributed by atoms with Gasteiger partial charge in [0, 0.05) is 13.1 Å². The van der Waals surface area contributed by atoms with Crippen LogP contribution in [-0.2, 0) is 6.54 Å². The van der Waals surface area contributed by atoms with Crippen molar-refractivity contribution in [1.29, 1.82) is 0 Å². The van der Waals surface area contributed by atoms with Gasteiger partial charge < -0.3 is 9.47 Å². The van der Waals surface area contributed by atoms with E-state index in [4.69, 9.17) is 4.74 Å². The van der Waals surface area contributed by atoms with Gasteiger partial charge in [-0.3, -0.25) is 4.90 Å². The van der Waals surface area contributed by atoms with Gasteiger partial charge >= 0.3 is 6.61 Å². The summed E-state index contributed by atoms with van der Waals surface area (Å²) in [4.78, 5) is 2.04. The molecule has 0 fully saturated rings. The summed E-state index contributed by atoms with van der Waals surface area (Å²) in [5.41, 5.74) is 0.956. The summed E-state index contributed by atoms with van der Waals surface area (Å²) in [6, 6.07) is 4.92. The van der Waals surface area contributed by atoms with Crippen LogP contribution >= 0.6 is 0 Å². The first-order valence-corrected chi connectivity index (χ1v) is 5.48. The highest BCUT2D eigenvalue weighted by atomic mass is 19.3. The fourth-order valence-electron chi connectivity index (χ4n) is 1.60. The summed E-state index contributed by atoms with van der Waals surface area (Å²) in [6.07, 6.45) is 1.80. The number of alkyl halides is 2. The Morgan fingerprint density at radius 3 is 2.67 bits per heavy atom.